The van der Waals surface area contributed by atoms with Crippen LogP contribution in [0.25, 0.3) is 0 Å². The summed E-state index contributed by atoms with van der Waals surface area (Å²) < 4.78 is 5.13. The number of carboxylic acids is 1. The lowest BCUT2D eigenvalue weighted by Crippen LogP contribution is -2.23. The standard InChI is InChI=1S/C12H19N3O3/c1-7(2)11-13-10(14-18-11)6-15-4-8(3)9(5-15)12(16)17/h7-9H,4-6H2,1-3H3,(H,16,17). The van der Waals surface area contributed by atoms with Crippen molar-refractivity contribution in [1.29, 1.82) is 0 Å². The molecule has 0 spiro atoms. The van der Waals surface area contributed by atoms with Crippen LogP contribution >= 0.6 is 0 Å². The third kappa shape index (κ3) is 2.69. The number of nitrogens with zero attached hydrogens (tertiary/aromatic N) is 3. The van der Waals surface area contributed by atoms with Crippen molar-refractivity contribution in [2.75, 3.05) is 13.1 Å². The SMILES string of the molecule is CC(C)c1nc(CN2CC(C)C(C(=O)O)C2)no1. The maximum absolute atomic E-state index is 11.0. The van der Waals surface area contributed by atoms with Gasteiger partial charge in [-0.1, -0.05) is 25.9 Å². The Kier molecular flexibility index (Phi) is 3.65. The van der Waals surface area contributed by atoms with E-state index in [0.717, 1.165) is 6.54 Å². The summed E-state index contributed by atoms with van der Waals surface area (Å²) >= 11 is 0. The van der Waals surface area contributed by atoms with Gasteiger partial charge in [-0.3, -0.25) is 9.69 Å². The Morgan fingerprint density at radius 2 is 2.28 bits per heavy atom. The van der Waals surface area contributed by atoms with Gasteiger partial charge in [-0.2, -0.15) is 4.98 Å². The van der Waals surface area contributed by atoms with E-state index in [1.165, 1.54) is 0 Å². The molecular weight excluding hydrogens is 234 g/mol. The predicted octanol–water partition coefficient (Wildman–Crippen LogP) is 1.35. The average Bonchev–Trinajstić information content (AvgIpc) is 2.86. The Hall–Kier alpha value is -1.43. The van der Waals surface area contributed by atoms with Gasteiger partial charge < -0.3 is 9.63 Å². The molecule has 2 rings (SSSR count). The van der Waals surface area contributed by atoms with E-state index in [1.54, 1.807) is 0 Å². The highest BCUT2D eigenvalue weighted by atomic mass is 16.5. The Balaban J connectivity index is 1.96. The number of carbonyl (C=O) groups is 1. The van der Waals surface area contributed by atoms with Crippen molar-refractivity contribution in [2.45, 2.75) is 33.2 Å². The van der Waals surface area contributed by atoms with Gasteiger partial charge in [-0.15, -0.1) is 0 Å². The van der Waals surface area contributed by atoms with Crippen LogP contribution in [-0.4, -0.2) is 39.2 Å². The molecule has 18 heavy (non-hydrogen) atoms. The molecule has 1 fully saturated rings. The van der Waals surface area contributed by atoms with Crippen LogP contribution in [0.5, 0.6) is 0 Å². The quantitative estimate of drug-likeness (QED) is 0.872. The van der Waals surface area contributed by atoms with E-state index in [9.17, 15) is 4.79 Å². The number of likely N-dealkylation sites (tertiary alicyclic amines) is 1. The largest absolute Gasteiger partial charge is 0.481 e. The van der Waals surface area contributed by atoms with Crippen LogP contribution < -0.4 is 0 Å². The number of hydrogen-bond donors (Lipinski definition) is 1. The molecule has 6 heteroatoms. The topological polar surface area (TPSA) is 79.5 Å². The molecule has 1 aromatic heterocycles. The molecule has 1 aromatic rings. The smallest absolute Gasteiger partial charge is 0.308 e. The first-order chi connectivity index (χ1) is 8.47. The van der Waals surface area contributed by atoms with Crippen molar-refractivity contribution in [1.82, 2.24) is 15.0 Å². The summed E-state index contributed by atoms with van der Waals surface area (Å²) in [7, 11) is 0. The van der Waals surface area contributed by atoms with Crippen molar-refractivity contribution in [3.05, 3.63) is 11.7 Å². The molecule has 0 aliphatic carbocycles. The average molecular weight is 253 g/mol. The van der Waals surface area contributed by atoms with Gasteiger partial charge in [-0.25, -0.2) is 0 Å². The van der Waals surface area contributed by atoms with Crippen molar-refractivity contribution >= 4 is 5.97 Å². The first-order valence-electron chi connectivity index (χ1n) is 6.25. The zero-order valence-corrected chi connectivity index (χ0v) is 11.0. The molecule has 2 heterocycles. The zero-order chi connectivity index (χ0) is 13.3. The summed E-state index contributed by atoms with van der Waals surface area (Å²) in [6.45, 7) is 7.84. The highest BCUT2D eigenvalue weighted by Gasteiger charge is 2.35. The van der Waals surface area contributed by atoms with Gasteiger partial charge in [0.05, 0.1) is 12.5 Å². The summed E-state index contributed by atoms with van der Waals surface area (Å²) in [6, 6.07) is 0. The minimum absolute atomic E-state index is 0.166. The summed E-state index contributed by atoms with van der Waals surface area (Å²) in [5.74, 6) is 0.640. The Bertz CT molecular complexity index is 430. The molecule has 1 aliphatic rings. The second kappa shape index (κ2) is 5.06. The Morgan fingerprint density at radius 3 is 2.78 bits per heavy atom. The Labute approximate surface area is 106 Å². The van der Waals surface area contributed by atoms with E-state index in [-0.39, 0.29) is 17.8 Å². The van der Waals surface area contributed by atoms with Crippen LogP contribution in [0.3, 0.4) is 0 Å². The van der Waals surface area contributed by atoms with E-state index >= 15 is 0 Å². The van der Waals surface area contributed by atoms with Gasteiger partial charge in [0.25, 0.3) is 0 Å². The van der Waals surface area contributed by atoms with Gasteiger partial charge >= 0.3 is 5.97 Å². The van der Waals surface area contributed by atoms with Gasteiger partial charge in [-0.05, 0) is 5.92 Å². The minimum atomic E-state index is -0.721. The molecule has 2 unspecified atom stereocenters. The molecule has 0 saturated carbocycles. The van der Waals surface area contributed by atoms with E-state index in [1.807, 2.05) is 20.8 Å². The van der Waals surface area contributed by atoms with Crippen LogP contribution in [-0.2, 0) is 11.3 Å². The fourth-order valence-corrected chi connectivity index (χ4v) is 2.28. The van der Waals surface area contributed by atoms with Crippen LogP contribution in [0.2, 0.25) is 0 Å². The monoisotopic (exact) mass is 253 g/mol. The number of aromatic nitrogens is 2. The van der Waals surface area contributed by atoms with E-state index in [0.29, 0.717) is 24.8 Å². The molecule has 0 aromatic carbocycles. The van der Waals surface area contributed by atoms with Crippen LogP contribution in [0.15, 0.2) is 4.52 Å². The van der Waals surface area contributed by atoms with Crippen LogP contribution in [0, 0.1) is 11.8 Å². The lowest BCUT2D eigenvalue weighted by atomic mass is 9.99. The molecule has 6 nitrogen and oxygen atoms in total. The van der Waals surface area contributed by atoms with Gasteiger partial charge in [0.2, 0.25) is 5.89 Å². The van der Waals surface area contributed by atoms with E-state index in [4.69, 9.17) is 9.63 Å². The maximum atomic E-state index is 11.0. The molecule has 1 saturated heterocycles. The summed E-state index contributed by atoms with van der Waals surface area (Å²) in [5.41, 5.74) is 0. The van der Waals surface area contributed by atoms with Gasteiger partial charge in [0.1, 0.15) is 0 Å². The molecule has 2 atom stereocenters. The zero-order valence-electron chi connectivity index (χ0n) is 11.0. The number of hydrogen-bond acceptors (Lipinski definition) is 5. The van der Waals surface area contributed by atoms with Crippen molar-refractivity contribution in [3.63, 3.8) is 0 Å². The Morgan fingerprint density at radius 1 is 1.56 bits per heavy atom. The summed E-state index contributed by atoms with van der Waals surface area (Å²) in [4.78, 5) is 17.4. The molecule has 0 radical (unpaired) electrons. The fourth-order valence-electron chi connectivity index (χ4n) is 2.28. The second-order valence-corrected chi connectivity index (χ2v) is 5.32. The third-order valence-corrected chi connectivity index (χ3v) is 3.35. The molecule has 1 N–H and O–H groups in total. The number of carboxylic acid groups (broad SMARTS) is 1. The second-order valence-electron chi connectivity index (χ2n) is 5.32. The summed E-state index contributed by atoms with van der Waals surface area (Å²) in [6.07, 6.45) is 0. The maximum Gasteiger partial charge on any atom is 0.308 e. The summed E-state index contributed by atoms with van der Waals surface area (Å²) in [5, 5.41) is 13.0. The van der Waals surface area contributed by atoms with Crippen molar-refractivity contribution < 1.29 is 14.4 Å². The first-order valence-corrected chi connectivity index (χ1v) is 6.25. The molecule has 1 aliphatic heterocycles. The minimum Gasteiger partial charge on any atom is -0.481 e. The van der Waals surface area contributed by atoms with Crippen molar-refractivity contribution in [2.24, 2.45) is 11.8 Å². The van der Waals surface area contributed by atoms with Crippen LogP contribution in [0.4, 0.5) is 0 Å². The van der Waals surface area contributed by atoms with Gasteiger partial charge in [0, 0.05) is 19.0 Å². The van der Waals surface area contributed by atoms with Crippen LogP contribution in [0.1, 0.15) is 38.4 Å². The number of rotatable bonds is 4. The lowest BCUT2D eigenvalue weighted by Gasteiger charge is -2.11. The number of aliphatic carboxylic acids is 1. The molecule has 0 bridgehead atoms. The van der Waals surface area contributed by atoms with E-state index < -0.39 is 5.97 Å². The first kappa shape index (κ1) is 13.0. The fraction of sp³-hybridized carbons (Fsp3) is 0.750. The third-order valence-electron chi connectivity index (χ3n) is 3.35. The van der Waals surface area contributed by atoms with E-state index in [2.05, 4.69) is 15.0 Å². The normalized spacial score (nSPS) is 24.9. The molecular formula is C12H19N3O3. The highest BCUT2D eigenvalue weighted by Crippen LogP contribution is 2.24. The van der Waals surface area contributed by atoms with Crippen molar-refractivity contribution in [3.8, 4) is 0 Å². The predicted molar refractivity (Wildman–Crippen MR) is 64.0 cm³/mol. The lowest BCUT2D eigenvalue weighted by molar-refractivity contribution is -0.142. The highest BCUT2D eigenvalue weighted by molar-refractivity contribution is 5.71. The molecule has 100 valence electrons. The van der Waals surface area contributed by atoms with Gasteiger partial charge in [0.15, 0.2) is 5.82 Å². The molecule has 0 amide bonds.